The number of nitrogens with zero attached hydrogens (tertiary/aromatic N) is 1. The summed E-state index contributed by atoms with van der Waals surface area (Å²) in [4.78, 5) is 30.0. The molecule has 5 heteroatoms. The number of methoxy groups -OCH3 is 1. The Kier molecular flexibility index (Phi) is 5.52. The standard InChI is InChI=1S/C26H27NO4/c1-26(2)13-12-20-21(15-26)18-6-4-5-7-19(18)23(24(20)28)27-22(25(29)30)14-16-8-10-17(31-3)11-9-16/h4-11,22H,12-15H2,1-3H3,(H,29,30)/t22-/m0/s1. The van der Waals surface area contributed by atoms with Gasteiger partial charge in [-0.25, -0.2) is 4.79 Å². The van der Waals surface area contributed by atoms with Crippen molar-refractivity contribution in [3.63, 3.8) is 0 Å². The highest BCUT2D eigenvalue weighted by molar-refractivity contribution is 6.54. The summed E-state index contributed by atoms with van der Waals surface area (Å²) in [5, 5.41) is 9.85. The average Bonchev–Trinajstić information content (AvgIpc) is 2.75. The Morgan fingerprint density at radius 1 is 1.10 bits per heavy atom. The predicted octanol–water partition coefficient (Wildman–Crippen LogP) is 4.73. The third-order valence-corrected chi connectivity index (χ3v) is 6.23. The molecule has 1 N–H and O–H groups in total. The van der Waals surface area contributed by atoms with Crippen molar-refractivity contribution in [1.82, 2.24) is 0 Å². The zero-order chi connectivity index (χ0) is 22.2. The number of hydrogen-bond acceptors (Lipinski definition) is 4. The molecular weight excluding hydrogens is 390 g/mol. The minimum atomic E-state index is -1.04. The van der Waals surface area contributed by atoms with Crippen LogP contribution in [0.1, 0.15) is 49.8 Å². The van der Waals surface area contributed by atoms with Crippen LogP contribution in [0.15, 0.2) is 59.1 Å². The lowest BCUT2D eigenvalue weighted by molar-refractivity contribution is -0.138. The number of allylic oxidation sites excluding steroid dienone is 2. The van der Waals surface area contributed by atoms with Crippen molar-refractivity contribution >= 4 is 23.0 Å². The summed E-state index contributed by atoms with van der Waals surface area (Å²) in [5.74, 6) is -0.457. The molecule has 2 aromatic carbocycles. The van der Waals surface area contributed by atoms with E-state index in [0.717, 1.165) is 40.7 Å². The van der Waals surface area contributed by atoms with Crippen LogP contribution in [0.2, 0.25) is 0 Å². The number of carboxylic acids is 1. The Morgan fingerprint density at radius 3 is 2.42 bits per heavy atom. The fourth-order valence-electron chi connectivity index (χ4n) is 4.47. The summed E-state index contributed by atoms with van der Waals surface area (Å²) >= 11 is 0. The van der Waals surface area contributed by atoms with Crippen LogP contribution >= 0.6 is 0 Å². The summed E-state index contributed by atoms with van der Waals surface area (Å²) in [5.41, 5.74) is 4.88. The summed E-state index contributed by atoms with van der Waals surface area (Å²) < 4.78 is 5.17. The molecule has 31 heavy (non-hydrogen) atoms. The van der Waals surface area contributed by atoms with Crippen molar-refractivity contribution in [2.45, 2.75) is 45.6 Å². The number of ketones is 1. The second-order valence-electron chi connectivity index (χ2n) is 9.06. The first-order valence-electron chi connectivity index (χ1n) is 10.6. The maximum atomic E-state index is 13.4. The molecular formula is C26H27NO4. The quantitative estimate of drug-likeness (QED) is 0.763. The number of rotatable bonds is 5. The first-order chi connectivity index (χ1) is 14.8. The van der Waals surface area contributed by atoms with E-state index in [0.29, 0.717) is 12.2 Å². The van der Waals surface area contributed by atoms with Gasteiger partial charge in [0.2, 0.25) is 5.78 Å². The van der Waals surface area contributed by atoms with Gasteiger partial charge in [0.25, 0.3) is 0 Å². The number of fused-ring (bicyclic) bond motifs is 2. The Balaban J connectivity index is 1.74. The van der Waals surface area contributed by atoms with Crippen molar-refractivity contribution in [2.75, 3.05) is 7.11 Å². The van der Waals surface area contributed by atoms with Crippen LogP contribution in [0.25, 0.3) is 5.57 Å². The topological polar surface area (TPSA) is 76.0 Å². The molecule has 2 aliphatic rings. The minimum Gasteiger partial charge on any atom is -0.497 e. The van der Waals surface area contributed by atoms with Gasteiger partial charge in [0.1, 0.15) is 11.5 Å². The number of carboxylic acid groups (broad SMARTS) is 1. The molecule has 0 unspecified atom stereocenters. The van der Waals surface area contributed by atoms with E-state index in [1.807, 2.05) is 36.4 Å². The lowest BCUT2D eigenvalue weighted by Crippen LogP contribution is -2.32. The van der Waals surface area contributed by atoms with Crippen LogP contribution in [0, 0.1) is 5.41 Å². The third kappa shape index (κ3) is 4.18. The van der Waals surface area contributed by atoms with E-state index in [1.165, 1.54) is 0 Å². The number of aliphatic imine (C=N–C) groups is 1. The van der Waals surface area contributed by atoms with Crippen molar-refractivity contribution in [1.29, 1.82) is 0 Å². The Labute approximate surface area is 182 Å². The van der Waals surface area contributed by atoms with Gasteiger partial charge in [-0.1, -0.05) is 50.2 Å². The number of hydrogen-bond donors (Lipinski definition) is 1. The molecule has 0 fully saturated rings. The molecule has 0 aromatic heterocycles. The molecule has 0 amide bonds. The zero-order valence-corrected chi connectivity index (χ0v) is 18.1. The maximum absolute atomic E-state index is 13.4. The molecule has 0 heterocycles. The van der Waals surface area contributed by atoms with Gasteiger partial charge >= 0.3 is 5.97 Å². The summed E-state index contributed by atoms with van der Waals surface area (Å²) in [6, 6.07) is 13.9. The predicted molar refractivity (Wildman–Crippen MR) is 121 cm³/mol. The number of benzene rings is 2. The van der Waals surface area contributed by atoms with E-state index < -0.39 is 12.0 Å². The first-order valence-corrected chi connectivity index (χ1v) is 10.6. The molecule has 0 spiro atoms. The van der Waals surface area contributed by atoms with E-state index in [2.05, 4.69) is 18.8 Å². The van der Waals surface area contributed by atoms with Gasteiger partial charge in [-0.05, 0) is 53.5 Å². The Morgan fingerprint density at radius 2 is 1.77 bits per heavy atom. The molecule has 0 aliphatic heterocycles. The molecule has 0 saturated heterocycles. The number of ether oxygens (including phenoxy) is 1. The lowest BCUT2D eigenvalue weighted by atomic mass is 9.68. The molecule has 0 saturated carbocycles. The largest absolute Gasteiger partial charge is 0.497 e. The van der Waals surface area contributed by atoms with E-state index in [4.69, 9.17) is 4.74 Å². The highest BCUT2D eigenvalue weighted by atomic mass is 16.5. The normalized spacial score (nSPS) is 19.6. The molecule has 2 aliphatic carbocycles. The molecule has 0 bridgehead atoms. The van der Waals surface area contributed by atoms with Gasteiger partial charge in [0.15, 0.2) is 6.04 Å². The van der Waals surface area contributed by atoms with E-state index >= 15 is 0 Å². The summed E-state index contributed by atoms with van der Waals surface area (Å²) in [6.07, 6.45) is 2.68. The lowest BCUT2D eigenvalue weighted by Gasteiger charge is -2.36. The second kappa shape index (κ2) is 8.14. The van der Waals surface area contributed by atoms with E-state index in [1.54, 1.807) is 19.2 Å². The summed E-state index contributed by atoms with van der Waals surface area (Å²) in [7, 11) is 1.59. The number of carbonyl (C=O) groups is 2. The van der Waals surface area contributed by atoms with E-state index in [9.17, 15) is 14.7 Å². The third-order valence-electron chi connectivity index (χ3n) is 6.23. The van der Waals surface area contributed by atoms with Crippen LogP contribution < -0.4 is 4.74 Å². The van der Waals surface area contributed by atoms with Gasteiger partial charge < -0.3 is 9.84 Å². The van der Waals surface area contributed by atoms with Crippen molar-refractivity contribution in [3.05, 3.63) is 70.8 Å². The molecule has 1 atom stereocenters. The van der Waals surface area contributed by atoms with Crippen LogP contribution in [0.3, 0.4) is 0 Å². The second-order valence-corrected chi connectivity index (χ2v) is 9.06. The number of Topliss-reactive ketones (excluding diaryl/α,β-unsaturated/α-hetero) is 1. The molecule has 160 valence electrons. The minimum absolute atomic E-state index is 0.120. The van der Waals surface area contributed by atoms with Gasteiger partial charge in [-0.2, -0.15) is 0 Å². The van der Waals surface area contributed by atoms with Gasteiger partial charge in [0.05, 0.1) is 7.11 Å². The zero-order valence-electron chi connectivity index (χ0n) is 18.1. The van der Waals surface area contributed by atoms with Crippen LogP contribution in [-0.4, -0.2) is 35.7 Å². The average molecular weight is 418 g/mol. The fraction of sp³-hybridized carbons (Fsp3) is 0.346. The smallest absolute Gasteiger partial charge is 0.328 e. The van der Waals surface area contributed by atoms with Crippen LogP contribution in [0.4, 0.5) is 0 Å². The van der Waals surface area contributed by atoms with Gasteiger partial charge in [0, 0.05) is 17.6 Å². The molecule has 0 radical (unpaired) electrons. The molecule has 5 nitrogen and oxygen atoms in total. The van der Waals surface area contributed by atoms with E-state index in [-0.39, 0.29) is 23.3 Å². The Bertz CT molecular complexity index is 1090. The van der Waals surface area contributed by atoms with Gasteiger partial charge in [-0.3, -0.25) is 9.79 Å². The van der Waals surface area contributed by atoms with Crippen molar-refractivity contribution in [2.24, 2.45) is 10.4 Å². The first kappa shape index (κ1) is 21.0. The van der Waals surface area contributed by atoms with Crippen molar-refractivity contribution in [3.8, 4) is 5.75 Å². The van der Waals surface area contributed by atoms with Crippen LogP contribution in [-0.2, 0) is 16.0 Å². The SMILES string of the molecule is COc1ccc(C[C@H](N=C2C(=O)C3=C(CC(C)(C)CC3)c3ccccc32)C(=O)O)cc1. The summed E-state index contributed by atoms with van der Waals surface area (Å²) in [6.45, 7) is 4.45. The molecule has 2 aromatic rings. The highest BCUT2D eigenvalue weighted by Gasteiger charge is 2.37. The Hall–Kier alpha value is -3.21. The van der Waals surface area contributed by atoms with Crippen LogP contribution in [0.5, 0.6) is 5.75 Å². The monoisotopic (exact) mass is 417 g/mol. The van der Waals surface area contributed by atoms with Gasteiger partial charge in [-0.15, -0.1) is 0 Å². The number of aliphatic carboxylic acids is 1. The highest BCUT2D eigenvalue weighted by Crippen LogP contribution is 2.46. The maximum Gasteiger partial charge on any atom is 0.328 e. The molecule has 4 rings (SSSR count). The number of carbonyl (C=O) groups excluding carboxylic acids is 1. The van der Waals surface area contributed by atoms with Crippen molar-refractivity contribution < 1.29 is 19.4 Å². The fourth-order valence-corrected chi connectivity index (χ4v) is 4.47.